The molecule has 2 rings (SSSR count). The Morgan fingerprint density at radius 2 is 2.12 bits per heavy atom. The standard InChI is InChI=1S/C17H22N4O3S/c1-21(2)15-7-6-12(11-18-15)19-16(22)13(8-10-25-3)20-17(23)14-5-4-9-24-14/h4-7,9,11,13H,8,10H2,1-3H3,(H,19,22)(H,20,23)/t13-/m0/s1. The molecule has 1 atom stereocenters. The van der Waals surface area contributed by atoms with E-state index in [4.69, 9.17) is 4.42 Å². The van der Waals surface area contributed by atoms with Crippen LogP contribution in [0.1, 0.15) is 17.0 Å². The summed E-state index contributed by atoms with van der Waals surface area (Å²) >= 11 is 1.61. The molecule has 134 valence electrons. The van der Waals surface area contributed by atoms with Gasteiger partial charge in [0.1, 0.15) is 11.9 Å². The first-order chi connectivity index (χ1) is 12.0. The van der Waals surface area contributed by atoms with Crippen LogP contribution in [-0.4, -0.2) is 48.9 Å². The normalized spacial score (nSPS) is 11.6. The maximum atomic E-state index is 12.5. The highest BCUT2D eigenvalue weighted by Crippen LogP contribution is 2.13. The Morgan fingerprint density at radius 3 is 2.68 bits per heavy atom. The predicted molar refractivity (Wildman–Crippen MR) is 100 cm³/mol. The van der Waals surface area contributed by atoms with Crippen molar-refractivity contribution in [1.29, 1.82) is 0 Å². The van der Waals surface area contributed by atoms with Crippen LogP contribution < -0.4 is 15.5 Å². The summed E-state index contributed by atoms with van der Waals surface area (Å²) < 4.78 is 5.07. The molecule has 0 aliphatic heterocycles. The Kier molecular flexibility index (Phi) is 6.88. The highest BCUT2D eigenvalue weighted by Gasteiger charge is 2.22. The summed E-state index contributed by atoms with van der Waals surface area (Å²) in [6, 6.07) is 6.12. The Bertz CT molecular complexity index is 686. The van der Waals surface area contributed by atoms with Gasteiger partial charge in [-0.15, -0.1) is 0 Å². The van der Waals surface area contributed by atoms with Crippen molar-refractivity contribution in [2.24, 2.45) is 0 Å². The van der Waals surface area contributed by atoms with Crippen LogP contribution in [0.3, 0.4) is 0 Å². The molecule has 0 radical (unpaired) electrons. The van der Waals surface area contributed by atoms with Gasteiger partial charge in [0.15, 0.2) is 5.76 Å². The molecule has 0 aromatic carbocycles. The summed E-state index contributed by atoms with van der Waals surface area (Å²) in [7, 11) is 3.78. The first-order valence-electron chi connectivity index (χ1n) is 7.79. The number of furan rings is 1. The van der Waals surface area contributed by atoms with E-state index in [0.29, 0.717) is 12.1 Å². The quantitative estimate of drug-likeness (QED) is 0.749. The molecule has 0 saturated heterocycles. The number of aromatic nitrogens is 1. The molecule has 0 fully saturated rings. The second-order valence-electron chi connectivity index (χ2n) is 5.57. The van der Waals surface area contributed by atoms with E-state index in [2.05, 4.69) is 15.6 Å². The molecule has 0 unspecified atom stereocenters. The van der Waals surface area contributed by atoms with Gasteiger partial charge in [-0.2, -0.15) is 11.8 Å². The number of carbonyl (C=O) groups is 2. The van der Waals surface area contributed by atoms with Crippen molar-refractivity contribution in [3.05, 3.63) is 42.5 Å². The highest BCUT2D eigenvalue weighted by molar-refractivity contribution is 7.98. The van der Waals surface area contributed by atoms with Crippen LogP contribution in [0.5, 0.6) is 0 Å². The minimum Gasteiger partial charge on any atom is -0.459 e. The number of nitrogens with zero attached hydrogens (tertiary/aromatic N) is 2. The largest absolute Gasteiger partial charge is 0.459 e. The summed E-state index contributed by atoms with van der Waals surface area (Å²) in [5.41, 5.74) is 0.581. The van der Waals surface area contributed by atoms with Crippen molar-refractivity contribution in [3.63, 3.8) is 0 Å². The summed E-state index contributed by atoms with van der Waals surface area (Å²) in [5, 5.41) is 5.51. The molecule has 2 amide bonds. The number of amides is 2. The molecule has 7 nitrogen and oxygen atoms in total. The number of carbonyl (C=O) groups excluding carboxylic acids is 2. The van der Waals surface area contributed by atoms with Crippen LogP contribution in [0.15, 0.2) is 41.1 Å². The topological polar surface area (TPSA) is 87.5 Å². The van der Waals surface area contributed by atoms with Crippen LogP contribution in [0, 0.1) is 0 Å². The molecule has 0 saturated carbocycles. The third-order valence-corrected chi connectivity index (χ3v) is 4.09. The SMILES string of the molecule is CSCC[C@H](NC(=O)c1ccco1)C(=O)Nc1ccc(N(C)C)nc1. The lowest BCUT2D eigenvalue weighted by molar-refractivity contribution is -0.118. The van der Waals surface area contributed by atoms with Gasteiger partial charge in [-0.05, 0) is 42.7 Å². The second-order valence-corrected chi connectivity index (χ2v) is 6.56. The first-order valence-corrected chi connectivity index (χ1v) is 9.18. The smallest absolute Gasteiger partial charge is 0.287 e. The van der Waals surface area contributed by atoms with Gasteiger partial charge < -0.3 is 20.0 Å². The molecule has 2 aromatic rings. The number of nitrogens with one attached hydrogen (secondary N) is 2. The van der Waals surface area contributed by atoms with E-state index in [9.17, 15) is 9.59 Å². The van der Waals surface area contributed by atoms with Crippen LogP contribution in [-0.2, 0) is 4.79 Å². The molecule has 0 aliphatic carbocycles. The van der Waals surface area contributed by atoms with Crippen LogP contribution >= 0.6 is 11.8 Å². The van der Waals surface area contributed by atoms with Crippen molar-refractivity contribution in [2.75, 3.05) is 36.3 Å². The fourth-order valence-electron chi connectivity index (χ4n) is 2.10. The van der Waals surface area contributed by atoms with Gasteiger partial charge in [-0.25, -0.2) is 4.98 Å². The molecular formula is C17H22N4O3S. The maximum absolute atomic E-state index is 12.5. The molecule has 25 heavy (non-hydrogen) atoms. The Hall–Kier alpha value is -2.48. The second kappa shape index (κ2) is 9.12. The summed E-state index contributed by atoms with van der Waals surface area (Å²) in [5.74, 6) is 1.02. The highest BCUT2D eigenvalue weighted by atomic mass is 32.2. The van der Waals surface area contributed by atoms with E-state index >= 15 is 0 Å². The molecule has 2 N–H and O–H groups in total. The average Bonchev–Trinajstić information content (AvgIpc) is 3.13. The van der Waals surface area contributed by atoms with Crippen molar-refractivity contribution < 1.29 is 14.0 Å². The third-order valence-electron chi connectivity index (χ3n) is 3.45. The van der Waals surface area contributed by atoms with Gasteiger partial charge in [0.25, 0.3) is 5.91 Å². The number of rotatable bonds is 8. The van der Waals surface area contributed by atoms with Crippen LogP contribution in [0.25, 0.3) is 0 Å². The fraction of sp³-hybridized carbons (Fsp3) is 0.353. The van der Waals surface area contributed by atoms with E-state index in [1.165, 1.54) is 6.26 Å². The Balaban J connectivity index is 2.02. The van der Waals surface area contributed by atoms with Crippen molar-refractivity contribution >= 4 is 35.1 Å². The van der Waals surface area contributed by atoms with Crippen molar-refractivity contribution in [1.82, 2.24) is 10.3 Å². The summed E-state index contributed by atoms with van der Waals surface area (Å²) in [6.45, 7) is 0. The van der Waals surface area contributed by atoms with E-state index in [1.807, 2.05) is 31.3 Å². The lowest BCUT2D eigenvalue weighted by atomic mass is 10.2. The Morgan fingerprint density at radius 1 is 1.32 bits per heavy atom. The van der Waals surface area contributed by atoms with E-state index in [1.54, 1.807) is 36.2 Å². The predicted octanol–water partition coefficient (Wildman–Crippen LogP) is 2.23. The van der Waals surface area contributed by atoms with Gasteiger partial charge >= 0.3 is 0 Å². The van der Waals surface area contributed by atoms with E-state index in [-0.39, 0.29) is 11.7 Å². The van der Waals surface area contributed by atoms with Gasteiger partial charge in [0.2, 0.25) is 5.91 Å². The maximum Gasteiger partial charge on any atom is 0.287 e. The lowest BCUT2D eigenvalue weighted by Crippen LogP contribution is -2.44. The van der Waals surface area contributed by atoms with Gasteiger partial charge in [-0.1, -0.05) is 0 Å². The van der Waals surface area contributed by atoms with E-state index < -0.39 is 11.9 Å². The van der Waals surface area contributed by atoms with Crippen LogP contribution in [0.4, 0.5) is 11.5 Å². The first kappa shape index (κ1) is 18.9. The molecule has 2 aromatic heterocycles. The minimum atomic E-state index is -0.654. The molecule has 0 bridgehead atoms. The average molecular weight is 362 g/mol. The van der Waals surface area contributed by atoms with Crippen LogP contribution in [0.2, 0.25) is 0 Å². The zero-order valence-electron chi connectivity index (χ0n) is 14.5. The van der Waals surface area contributed by atoms with Crippen molar-refractivity contribution in [2.45, 2.75) is 12.5 Å². The molecule has 0 aliphatic rings. The Labute approximate surface area is 151 Å². The third kappa shape index (κ3) is 5.53. The molecule has 8 heteroatoms. The lowest BCUT2D eigenvalue weighted by Gasteiger charge is -2.18. The molecular weight excluding hydrogens is 340 g/mol. The molecule has 2 heterocycles. The number of hydrogen-bond acceptors (Lipinski definition) is 6. The number of pyridine rings is 1. The zero-order valence-corrected chi connectivity index (χ0v) is 15.3. The minimum absolute atomic E-state index is 0.180. The van der Waals surface area contributed by atoms with Gasteiger partial charge in [-0.3, -0.25) is 9.59 Å². The number of thioether (sulfide) groups is 1. The monoisotopic (exact) mass is 362 g/mol. The summed E-state index contributed by atoms with van der Waals surface area (Å²) in [6.07, 6.45) is 5.48. The van der Waals surface area contributed by atoms with Crippen molar-refractivity contribution in [3.8, 4) is 0 Å². The zero-order chi connectivity index (χ0) is 18.2. The van der Waals surface area contributed by atoms with Gasteiger partial charge in [0, 0.05) is 14.1 Å². The number of anilines is 2. The van der Waals surface area contributed by atoms with E-state index in [0.717, 1.165) is 11.6 Å². The molecule has 0 spiro atoms. The van der Waals surface area contributed by atoms with Gasteiger partial charge in [0.05, 0.1) is 18.1 Å². The number of hydrogen-bond donors (Lipinski definition) is 2. The summed E-state index contributed by atoms with van der Waals surface area (Å²) in [4.78, 5) is 30.8. The fourth-order valence-corrected chi connectivity index (χ4v) is 2.57.